The Kier molecular flexibility index (Phi) is 5.80. The summed E-state index contributed by atoms with van der Waals surface area (Å²) in [6.45, 7) is 5.18. The van der Waals surface area contributed by atoms with Crippen LogP contribution in [0.5, 0.6) is 5.75 Å². The van der Waals surface area contributed by atoms with E-state index in [2.05, 4.69) is 27.0 Å². The van der Waals surface area contributed by atoms with E-state index in [-0.39, 0.29) is 5.91 Å². The number of nitrogens with one attached hydrogen (secondary N) is 1. The van der Waals surface area contributed by atoms with E-state index in [1.807, 2.05) is 74.5 Å². The molecule has 1 N–H and O–H groups in total. The van der Waals surface area contributed by atoms with Gasteiger partial charge in [0.15, 0.2) is 0 Å². The fraction of sp³-hybridized carbons (Fsp3) is 0.200. The standard InChI is InChI=1S/C25H25N3O2/c1-3-30-22-12-10-21(11-13-22)28-18(2)27-23-17-20(9-14-24(23)28)25(29)26-16-15-19-7-5-4-6-8-19/h4-14,17H,3,15-16H2,1-2H3,(H,26,29). The van der Waals surface area contributed by atoms with Crippen molar-refractivity contribution in [1.82, 2.24) is 14.9 Å². The Morgan fingerprint density at radius 2 is 1.80 bits per heavy atom. The predicted molar refractivity (Wildman–Crippen MR) is 119 cm³/mol. The molecule has 0 bridgehead atoms. The number of imidazole rings is 1. The van der Waals surface area contributed by atoms with Gasteiger partial charge in [0.05, 0.1) is 17.6 Å². The highest BCUT2D eigenvalue weighted by Gasteiger charge is 2.13. The number of rotatable bonds is 7. The molecule has 0 fully saturated rings. The summed E-state index contributed by atoms with van der Waals surface area (Å²) >= 11 is 0. The number of fused-ring (bicyclic) bond motifs is 1. The van der Waals surface area contributed by atoms with Gasteiger partial charge in [0.25, 0.3) is 5.91 Å². The van der Waals surface area contributed by atoms with Crippen LogP contribution in [0.15, 0.2) is 72.8 Å². The summed E-state index contributed by atoms with van der Waals surface area (Å²) in [7, 11) is 0. The lowest BCUT2D eigenvalue weighted by Crippen LogP contribution is -2.25. The number of nitrogens with zero attached hydrogens (tertiary/aromatic N) is 2. The number of aromatic nitrogens is 2. The molecule has 0 radical (unpaired) electrons. The van der Waals surface area contributed by atoms with Gasteiger partial charge in [0, 0.05) is 17.8 Å². The van der Waals surface area contributed by atoms with E-state index in [1.165, 1.54) is 5.56 Å². The first-order valence-corrected chi connectivity index (χ1v) is 10.2. The zero-order valence-corrected chi connectivity index (χ0v) is 17.3. The summed E-state index contributed by atoms with van der Waals surface area (Å²) in [6, 6.07) is 23.7. The van der Waals surface area contributed by atoms with Gasteiger partial charge in [-0.3, -0.25) is 9.36 Å². The average molecular weight is 399 g/mol. The zero-order chi connectivity index (χ0) is 20.9. The Balaban J connectivity index is 1.51. The summed E-state index contributed by atoms with van der Waals surface area (Å²) in [6.07, 6.45) is 0.806. The summed E-state index contributed by atoms with van der Waals surface area (Å²) in [4.78, 5) is 17.3. The van der Waals surface area contributed by atoms with Gasteiger partial charge in [-0.25, -0.2) is 4.98 Å². The third-order valence-corrected chi connectivity index (χ3v) is 5.03. The monoisotopic (exact) mass is 399 g/mol. The van der Waals surface area contributed by atoms with Crippen molar-refractivity contribution in [2.45, 2.75) is 20.3 Å². The molecule has 1 amide bonds. The molecule has 0 saturated heterocycles. The Hall–Kier alpha value is -3.60. The maximum Gasteiger partial charge on any atom is 0.251 e. The number of benzene rings is 3. The number of carbonyl (C=O) groups excluding carboxylic acids is 1. The quantitative estimate of drug-likeness (QED) is 0.490. The van der Waals surface area contributed by atoms with Crippen LogP contribution in [0.4, 0.5) is 0 Å². The van der Waals surface area contributed by atoms with Crippen molar-refractivity contribution < 1.29 is 9.53 Å². The maximum atomic E-state index is 12.6. The van der Waals surface area contributed by atoms with Gasteiger partial charge in [-0.2, -0.15) is 0 Å². The van der Waals surface area contributed by atoms with Crippen molar-refractivity contribution in [3.05, 3.63) is 89.7 Å². The van der Waals surface area contributed by atoms with Gasteiger partial charge in [0.2, 0.25) is 0 Å². The SMILES string of the molecule is CCOc1ccc(-n2c(C)nc3cc(C(=O)NCCc4ccccc4)ccc32)cc1. The van der Waals surface area contributed by atoms with Crippen LogP contribution in [0.3, 0.4) is 0 Å². The van der Waals surface area contributed by atoms with E-state index >= 15 is 0 Å². The second-order valence-electron chi connectivity index (χ2n) is 7.12. The molecule has 1 aromatic heterocycles. The smallest absolute Gasteiger partial charge is 0.251 e. The Labute approximate surface area is 176 Å². The largest absolute Gasteiger partial charge is 0.494 e. The van der Waals surface area contributed by atoms with Gasteiger partial charge in [-0.15, -0.1) is 0 Å². The first kappa shape index (κ1) is 19.7. The highest BCUT2D eigenvalue weighted by molar-refractivity contribution is 5.97. The van der Waals surface area contributed by atoms with E-state index in [1.54, 1.807) is 0 Å². The van der Waals surface area contributed by atoms with Crippen LogP contribution in [-0.4, -0.2) is 28.6 Å². The number of ether oxygens (including phenoxy) is 1. The molecule has 0 aliphatic carbocycles. The van der Waals surface area contributed by atoms with E-state index in [0.717, 1.165) is 34.7 Å². The maximum absolute atomic E-state index is 12.6. The molecule has 1 heterocycles. The summed E-state index contributed by atoms with van der Waals surface area (Å²) in [5, 5.41) is 3.00. The number of carbonyl (C=O) groups is 1. The van der Waals surface area contributed by atoms with Gasteiger partial charge in [-0.05, 0) is 68.3 Å². The van der Waals surface area contributed by atoms with Crippen molar-refractivity contribution in [2.75, 3.05) is 13.2 Å². The molecule has 0 unspecified atom stereocenters. The van der Waals surface area contributed by atoms with E-state index < -0.39 is 0 Å². The summed E-state index contributed by atoms with van der Waals surface area (Å²) < 4.78 is 7.61. The van der Waals surface area contributed by atoms with Crippen LogP contribution in [0.2, 0.25) is 0 Å². The van der Waals surface area contributed by atoms with Crippen molar-refractivity contribution in [3.8, 4) is 11.4 Å². The fourth-order valence-corrected chi connectivity index (χ4v) is 3.59. The van der Waals surface area contributed by atoms with Gasteiger partial charge in [0.1, 0.15) is 11.6 Å². The number of aryl methyl sites for hydroxylation is 1. The average Bonchev–Trinajstić information content (AvgIpc) is 3.10. The Morgan fingerprint density at radius 1 is 1.03 bits per heavy atom. The third kappa shape index (κ3) is 4.20. The molecule has 5 nitrogen and oxygen atoms in total. The molecule has 4 aromatic rings. The number of amides is 1. The topological polar surface area (TPSA) is 56.2 Å². The minimum atomic E-state index is -0.0823. The second-order valence-corrected chi connectivity index (χ2v) is 7.12. The lowest BCUT2D eigenvalue weighted by Gasteiger charge is -2.09. The molecule has 5 heteroatoms. The van der Waals surface area contributed by atoms with Crippen molar-refractivity contribution in [1.29, 1.82) is 0 Å². The molecule has 30 heavy (non-hydrogen) atoms. The lowest BCUT2D eigenvalue weighted by atomic mass is 10.1. The second kappa shape index (κ2) is 8.82. The molecule has 0 aliphatic rings. The fourth-order valence-electron chi connectivity index (χ4n) is 3.59. The number of hydrogen-bond acceptors (Lipinski definition) is 3. The van der Waals surface area contributed by atoms with Gasteiger partial charge < -0.3 is 10.1 Å². The van der Waals surface area contributed by atoms with Crippen LogP contribution < -0.4 is 10.1 Å². The molecular weight excluding hydrogens is 374 g/mol. The third-order valence-electron chi connectivity index (χ3n) is 5.03. The van der Waals surface area contributed by atoms with Gasteiger partial charge in [-0.1, -0.05) is 30.3 Å². The molecule has 4 rings (SSSR count). The molecule has 0 saturated carbocycles. The van der Waals surface area contributed by atoms with E-state index in [4.69, 9.17) is 4.74 Å². The number of hydrogen-bond donors (Lipinski definition) is 1. The molecule has 3 aromatic carbocycles. The first-order valence-electron chi connectivity index (χ1n) is 10.2. The van der Waals surface area contributed by atoms with Crippen LogP contribution in [-0.2, 0) is 6.42 Å². The van der Waals surface area contributed by atoms with E-state index in [9.17, 15) is 4.79 Å². The zero-order valence-electron chi connectivity index (χ0n) is 17.3. The Bertz CT molecular complexity index is 1150. The van der Waals surface area contributed by atoms with Crippen LogP contribution in [0, 0.1) is 6.92 Å². The van der Waals surface area contributed by atoms with Gasteiger partial charge >= 0.3 is 0 Å². The summed E-state index contributed by atoms with van der Waals surface area (Å²) in [5.41, 5.74) is 4.61. The minimum Gasteiger partial charge on any atom is -0.494 e. The van der Waals surface area contributed by atoms with Crippen molar-refractivity contribution in [2.24, 2.45) is 0 Å². The molecule has 152 valence electrons. The van der Waals surface area contributed by atoms with Crippen LogP contribution in [0.1, 0.15) is 28.7 Å². The Morgan fingerprint density at radius 3 is 2.53 bits per heavy atom. The van der Waals surface area contributed by atoms with Crippen molar-refractivity contribution >= 4 is 16.9 Å². The molecule has 0 spiro atoms. The molecular formula is C25H25N3O2. The first-order chi connectivity index (χ1) is 14.7. The predicted octanol–water partition coefficient (Wildman–Crippen LogP) is 4.71. The van der Waals surface area contributed by atoms with Crippen LogP contribution in [0.25, 0.3) is 16.7 Å². The van der Waals surface area contributed by atoms with Crippen LogP contribution >= 0.6 is 0 Å². The summed E-state index contributed by atoms with van der Waals surface area (Å²) in [5.74, 6) is 1.63. The van der Waals surface area contributed by atoms with E-state index in [0.29, 0.717) is 18.7 Å². The molecule has 0 atom stereocenters. The van der Waals surface area contributed by atoms with Crippen molar-refractivity contribution in [3.63, 3.8) is 0 Å². The highest BCUT2D eigenvalue weighted by Crippen LogP contribution is 2.24. The normalized spacial score (nSPS) is 10.9. The lowest BCUT2D eigenvalue weighted by molar-refractivity contribution is 0.0954. The minimum absolute atomic E-state index is 0.0823. The highest BCUT2D eigenvalue weighted by atomic mass is 16.5. The molecule has 0 aliphatic heterocycles.